The molecule has 0 radical (unpaired) electrons. The van der Waals surface area contributed by atoms with E-state index in [0.717, 1.165) is 12.1 Å². The summed E-state index contributed by atoms with van der Waals surface area (Å²) in [6, 6.07) is 2.32. The number of aliphatic hydroxyl groups excluding tert-OH is 1. The highest BCUT2D eigenvalue weighted by Crippen LogP contribution is 2.25. The van der Waals surface area contributed by atoms with Crippen molar-refractivity contribution in [1.82, 2.24) is 9.97 Å². The van der Waals surface area contributed by atoms with Gasteiger partial charge in [0, 0.05) is 5.56 Å². The smallest absolute Gasteiger partial charge is 0.141 e. The number of aromatic nitrogens is 2. The van der Waals surface area contributed by atoms with Crippen molar-refractivity contribution in [3.05, 3.63) is 40.1 Å². The molecule has 2 aromatic rings. The monoisotopic (exact) mass is 288 g/mol. The van der Waals surface area contributed by atoms with Crippen molar-refractivity contribution < 1.29 is 13.9 Å². The zero-order valence-electron chi connectivity index (χ0n) is 7.97. The lowest BCUT2D eigenvalue weighted by Crippen LogP contribution is -1.89. The van der Waals surface area contributed by atoms with Crippen LogP contribution in [0.1, 0.15) is 5.69 Å². The lowest BCUT2D eigenvalue weighted by molar-refractivity contribution is 0.277. The predicted molar refractivity (Wildman–Crippen MR) is 57.6 cm³/mol. The van der Waals surface area contributed by atoms with Crippen LogP contribution in [0.4, 0.5) is 8.78 Å². The molecule has 1 heterocycles. The van der Waals surface area contributed by atoms with Gasteiger partial charge < -0.3 is 10.1 Å². The largest absolute Gasteiger partial charge is 0.390 e. The lowest BCUT2D eigenvalue weighted by atomic mass is 10.2. The molecule has 16 heavy (non-hydrogen) atoms. The van der Waals surface area contributed by atoms with E-state index in [1.807, 2.05) is 0 Å². The second-order valence-corrected chi connectivity index (χ2v) is 3.96. The van der Waals surface area contributed by atoms with Crippen molar-refractivity contribution in [2.45, 2.75) is 6.61 Å². The summed E-state index contributed by atoms with van der Waals surface area (Å²) in [5, 5.41) is 8.82. The van der Waals surface area contributed by atoms with E-state index < -0.39 is 11.6 Å². The highest BCUT2D eigenvalue weighted by Gasteiger charge is 2.11. The van der Waals surface area contributed by atoms with E-state index in [1.165, 1.54) is 6.20 Å². The molecule has 84 valence electrons. The third-order valence-corrected chi connectivity index (χ3v) is 2.81. The van der Waals surface area contributed by atoms with E-state index in [9.17, 15) is 8.78 Å². The van der Waals surface area contributed by atoms with Gasteiger partial charge in [0.15, 0.2) is 0 Å². The average molecular weight is 289 g/mol. The Labute approximate surface area is 98.3 Å². The molecular weight excluding hydrogens is 282 g/mol. The number of benzene rings is 1. The second-order valence-electron chi connectivity index (χ2n) is 3.17. The number of imidazole rings is 1. The van der Waals surface area contributed by atoms with Crippen molar-refractivity contribution in [1.29, 1.82) is 0 Å². The van der Waals surface area contributed by atoms with Gasteiger partial charge in [-0.25, -0.2) is 13.8 Å². The molecule has 0 saturated heterocycles. The molecule has 0 amide bonds. The van der Waals surface area contributed by atoms with Gasteiger partial charge in [0.2, 0.25) is 0 Å². The molecule has 2 N–H and O–H groups in total. The van der Waals surface area contributed by atoms with Gasteiger partial charge in [-0.3, -0.25) is 0 Å². The Kier molecular flexibility index (Phi) is 3.02. The maximum atomic E-state index is 13.2. The number of nitrogens with zero attached hydrogens (tertiary/aromatic N) is 1. The number of halogens is 3. The number of hydrogen-bond acceptors (Lipinski definition) is 2. The van der Waals surface area contributed by atoms with Crippen molar-refractivity contribution in [2.24, 2.45) is 0 Å². The maximum absolute atomic E-state index is 13.2. The van der Waals surface area contributed by atoms with E-state index >= 15 is 0 Å². The molecule has 0 unspecified atom stereocenters. The third kappa shape index (κ3) is 1.98. The quantitative estimate of drug-likeness (QED) is 0.835. The Balaban J connectivity index is 2.48. The van der Waals surface area contributed by atoms with Crippen LogP contribution in [0.15, 0.2) is 22.8 Å². The molecule has 0 aliphatic heterocycles. The summed E-state index contributed by atoms with van der Waals surface area (Å²) in [5.41, 5.74) is 0.775. The SMILES string of the molecule is OCc1cnc(-c2cc(F)c(Br)c(F)c2)[nH]1. The fourth-order valence-electron chi connectivity index (χ4n) is 1.28. The zero-order valence-corrected chi connectivity index (χ0v) is 9.55. The summed E-state index contributed by atoms with van der Waals surface area (Å²) in [7, 11) is 0. The van der Waals surface area contributed by atoms with Crippen LogP contribution < -0.4 is 0 Å². The van der Waals surface area contributed by atoms with Crippen molar-refractivity contribution in [2.75, 3.05) is 0 Å². The molecule has 0 saturated carbocycles. The third-order valence-electron chi connectivity index (χ3n) is 2.06. The van der Waals surface area contributed by atoms with Crippen LogP contribution in [-0.2, 0) is 6.61 Å². The maximum Gasteiger partial charge on any atom is 0.141 e. The molecule has 0 aliphatic carbocycles. The first kappa shape index (κ1) is 11.2. The first-order chi connectivity index (χ1) is 7.61. The molecule has 0 atom stereocenters. The molecule has 6 heteroatoms. The molecule has 0 bridgehead atoms. The van der Waals surface area contributed by atoms with Gasteiger partial charge in [-0.1, -0.05) is 0 Å². The Morgan fingerprint density at radius 2 is 1.94 bits per heavy atom. The Morgan fingerprint density at radius 1 is 1.31 bits per heavy atom. The minimum absolute atomic E-state index is 0.200. The van der Waals surface area contributed by atoms with E-state index in [4.69, 9.17) is 5.11 Å². The summed E-state index contributed by atoms with van der Waals surface area (Å²) in [6.45, 7) is -0.200. The van der Waals surface area contributed by atoms with Gasteiger partial charge >= 0.3 is 0 Å². The van der Waals surface area contributed by atoms with E-state index in [1.54, 1.807) is 0 Å². The molecule has 0 spiro atoms. The fourth-order valence-corrected chi connectivity index (χ4v) is 1.51. The first-order valence-electron chi connectivity index (χ1n) is 4.41. The second kappa shape index (κ2) is 4.31. The minimum Gasteiger partial charge on any atom is -0.390 e. The summed E-state index contributed by atoms with van der Waals surface area (Å²) < 4.78 is 26.3. The lowest BCUT2D eigenvalue weighted by Gasteiger charge is -2.01. The van der Waals surface area contributed by atoms with Crippen LogP contribution in [0.5, 0.6) is 0 Å². The van der Waals surface area contributed by atoms with Crippen LogP contribution in [0.2, 0.25) is 0 Å². The van der Waals surface area contributed by atoms with Crippen molar-refractivity contribution in [3.63, 3.8) is 0 Å². The van der Waals surface area contributed by atoms with Crippen LogP contribution >= 0.6 is 15.9 Å². The van der Waals surface area contributed by atoms with Gasteiger partial charge in [-0.05, 0) is 28.1 Å². The molecular formula is C10H7BrF2N2O. The average Bonchev–Trinajstić information content (AvgIpc) is 2.73. The summed E-state index contributed by atoms with van der Waals surface area (Å²) in [6.07, 6.45) is 1.41. The number of hydrogen-bond donors (Lipinski definition) is 2. The summed E-state index contributed by atoms with van der Waals surface area (Å²) in [4.78, 5) is 6.65. The normalized spacial score (nSPS) is 10.8. The van der Waals surface area contributed by atoms with Crippen LogP contribution in [-0.4, -0.2) is 15.1 Å². The Morgan fingerprint density at radius 3 is 2.44 bits per heavy atom. The van der Waals surface area contributed by atoms with Gasteiger partial charge in [0.1, 0.15) is 17.5 Å². The van der Waals surface area contributed by atoms with Crippen LogP contribution in [0.25, 0.3) is 11.4 Å². The Hall–Kier alpha value is -1.27. The van der Waals surface area contributed by atoms with Gasteiger partial charge in [-0.2, -0.15) is 0 Å². The van der Waals surface area contributed by atoms with Gasteiger partial charge in [-0.15, -0.1) is 0 Å². The van der Waals surface area contributed by atoms with E-state index in [0.29, 0.717) is 11.5 Å². The molecule has 0 fully saturated rings. The topological polar surface area (TPSA) is 48.9 Å². The minimum atomic E-state index is -0.697. The fraction of sp³-hybridized carbons (Fsp3) is 0.100. The van der Waals surface area contributed by atoms with Crippen molar-refractivity contribution in [3.8, 4) is 11.4 Å². The molecule has 1 aromatic carbocycles. The standard InChI is InChI=1S/C10H7BrF2N2O/c11-9-7(12)1-5(2-8(9)13)10-14-3-6(4-16)15-10/h1-3,16H,4H2,(H,14,15). The number of rotatable bonds is 2. The molecule has 2 rings (SSSR count). The van der Waals surface area contributed by atoms with E-state index in [-0.39, 0.29) is 16.6 Å². The molecule has 0 aliphatic rings. The van der Waals surface area contributed by atoms with Crippen LogP contribution in [0.3, 0.4) is 0 Å². The van der Waals surface area contributed by atoms with Gasteiger partial charge in [0.05, 0.1) is 23.0 Å². The summed E-state index contributed by atoms with van der Waals surface area (Å²) >= 11 is 2.78. The molecule has 1 aromatic heterocycles. The number of aromatic amines is 1. The summed E-state index contributed by atoms with van der Waals surface area (Å²) in [5.74, 6) is -1.08. The number of H-pyrrole nitrogens is 1. The highest BCUT2D eigenvalue weighted by molar-refractivity contribution is 9.10. The van der Waals surface area contributed by atoms with Crippen molar-refractivity contribution >= 4 is 15.9 Å². The predicted octanol–water partition coefficient (Wildman–Crippen LogP) is 2.61. The Bertz CT molecular complexity index is 504. The first-order valence-corrected chi connectivity index (χ1v) is 5.20. The number of nitrogens with one attached hydrogen (secondary N) is 1. The van der Waals surface area contributed by atoms with Gasteiger partial charge in [0.25, 0.3) is 0 Å². The number of aliphatic hydroxyl groups is 1. The van der Waals surface area contributed by atoms with E-state index in [2.05, 4.69) is 25.9 Å². The van der Waals surface area contributed by atoms with Crippen LogP contribution in [0, 0.1) is 11.6 Å². The molecule has 3 nitrogen and oxygen atoms in total. The highest BCUT2D eigenvalue weighted by atomic mass is 79.9. The zero-order chi connectivity index (χ0) is 11.7.